The third-order valence-corrected chi connectivity index (χ3v) is 2.32. The minimum Gasteiger partial charge on any atom is -0.360 e. The van der Waals surface area contributed by atoms with E-state index in [4.69, 9.17) is 5.26 Å². The number of aromatic nitrogens is 2. The Kier molecular flexibility index (Phi) is 5.06. The number of nitrogens with one attached hydrogen (secondary N) is 1. The highest BCUT2D eigenvalue weighted by atomic mass is 15.2. The lowest BCUT2D eigenvalue weighted by atomic mass is 10.2. The molecule has 0 amide bonds. The summed E-state index contributed by atoms with van der Waals surface area (Å²) in [6.45, 7) is 3.15. The first-order chi connectivity index (χ1) is 7.77. The molecule has 16 heavy (non-hydrogen) atoms. The normalized spacial score (nSPS) is 9.56. The highest BCUT2D eigenvalue weighted by Gasteiger charge is 2.03. The van der Waals surface area contributed by atoms with E-state index in [0.717, 1.165) is 18.8 Å². The second kappa shape index (κ2) is 6.62. The molecule has 5 heteroatoms. The minimum absolute atomic E-state index is 0.537. The Morgan fingerprint density at radius 2 is 2.25 bits per heavy atom. The van der Waals surface area contributed by atoms with Crippen LogP contribution in [0.1, 0.15) is 26.2 Å². The van der Waals surface area contributed by atoms with Crippen molar-refractivity contribution in [1.82, 2.24) is 9.97 Å². The van der Waals surface area contributed by atoms with Gasteiger partial charge in [0.1, 0.15) is 18.0 Å². The second-order valence-electron chi connectivity index (χ2n) is 3.63. The highest BCUT2D eigenvalue weighted by molar-refractivity contribution is 5.49. The van der Waals surface area contributed by atoms with Gasteiger partial charge in [0.05, 0.1) is 0 Å². The van der Waals surface area contributed by atoms with Crippen molar-refractivity contribution in [3.8, 4) is 6.19 Å². The Balaban J connectivity index is 2.57. The van der Waals surface area contributed by atoms with E-state index in [2.05, 4.69) is 27.1 Å². The summed E-state index contributed by atoms with van der Waals surface area (Å²) in [7, 11) is 1.99. The number of hydrogen-bond donors (Lipinski definition) is 1. The van der Waals surface area contributed by atoms with Crippen LogP contribution in [0.5, 0.6) is 0 Å². The minimum atomic E-state index is 0.537. The number of hydrogen-bond acceptors (Lipinski definition) is 5. The van der Waals surface area contributed by atoms with Gasteiger partial charge in [-0.2, -0.15) is 5.26 Å². The molecule has 1 N–H and O–H groups in total. The largest absolute Gasteiger partial charge is 0.360 e. The zero-order valence-corrected chi connectivity index (χ0v) is 9.77. The maximum absolute atomic E-state index is 8.49. The third kappa shape index (κ3) is 3.73. The van der Waals surface area contributed by atoms with Crippen LogP contribution in [0.25, 0.3) is 0 Å². The van der Waals surface area contributed by atoms with Gasteiger partial charge in [-0.1, -0.05) is 19.8 Å². The van der Waals surface area contributed by atoms with Crippen molar-refractivity contribution in [1.29, 1.82) is 5.26 Å². The zero-order valence-electron chi connectivity index (χ0n) is 9.77. The van der Waals surface area contributed by atoms with Crippen molar-refractivity contribution < 1.29 is 0 Å². The van der Waals surface area contributed by atoms with Gasteiger partial charge in [-0.05, 0) is 6.42 Å². The molecule has 0 fully saturated rings. The van der Waals surface area contributed by atoms with Crippen molar-refractivity contribution in [2.24, 2.45) is 0 Å². The zero-order chi connectivity index (χ0) is 11.8. The monoisotopic (exact) mass is 219 g/mol. The molecule has 0 aliphatic heterocycles. The predicted molar refractivity (Wildman–Crippen MR) is 64.1 cm³/mol. The molecule has 86 valence electrons. The number of unbranched alkanes of at least 4 members (excludes halogenated alkanes) is 2. The van der Waals surface area contributed by atoms with Crippen molar-refractivity contribution in [2.45, 2.75) is 26.2 Å². The molecule has 1 aromatic heterocycles. The molecule has 0 radical (unpaired) electrons. The first-order valence-corrected chi connectivity index (χ1v) is 5.46. The SMILES string of the molecule is CCCCCN(C)c1cc(NC#N)ncn1. The molecule has 5 nitrogen and oxygen atoms in total. The number of nitrogens with zero attached hydrogens (tertiary/aromatic N) is 4. The Hall–Kier alpha value is -1.83. The van der Waals surface area contributed by atoms with Gasteiger partial charge < -0.3 is 4.90 Å². The Morgan fingerprint density at radius 1 is 1.44 bits per heavy atom. The predicted octanol–water partition coefficient (Wildman–Crippen LogP) is 2.00. The molecule has 0 saturated carbocycles. The van der Waals surface area contributed by atoms with Crippen LogP contribution in [0.2, 0.25) is 0 Å². The lowest BCUT2D eigenvalue weighted by Gasteiger charge is -2.17. The summed E-state index contributed by atoms with van der Waals surface area (Å²) in [5.41, 5.74) is 0. The third-order valence-electron chi connectivity index (χ3n) is 2.32. The van der Waals surface area contributed by atoms with E-state index < -0.39 is 0 Å². The van der Waals surface area contributed by atoms with Gasteiger partial charge in [0.15, 0.2) is 6.19 Å². The lowest BCUT2D eigenvalue weighted by molar-refractivity contribution is 0.701. The van der Waals surface area contributed by atoms with Crippen LogP contribution < -0.4 is 10.2 Å². The molecule has 0 atom stereocenters. The molecule has 0 aromatic carbocycles. The standard InChI is InChI=1S/C11H17N5/c1-3-4-5-6-16(2)11-7-10(13-8-12)14-9-15-11/h7,9H,3-6H2,1-2H3,(H,13,14,15). The van der Waals surface area contributed by atoms with Gasteiger partial charge in [-0.25, -0.2) is 9.97 Å². The number of nitriles is 1. The summed E-state index contributed by atoms with van der Waals surface area (Å²) >= 11 is 0. The first-order valence-electron chi connectivity index (χ1n) is 5.46. The van der Waals surface area contributed by atoms with Crippen molar-refractivity contribution in [2.75, 3.05) is 23.8 Å². The van der Waals surface area contributed by atoms with Gasteiger partial charge in [0.2, 0.25) is 0 Å². The fourth-order valence-corrected chi connectivity index (χ4v) is 1.39. The summed E-state index contributed by atoms with van der Waals surface area (Å²) in [5, 5.41) is 11.0. The van der Waals surface area contributed by atoms with Gasteiger partial charge in [0.25, 0.3) is 0 Å². The van der Waals surface area contributed by atoms with Crippen LogP contribution in [0, 0.1) is 11.5 Å². The fraction of sp³-hybridized carbons (Fsp3) is 0.545. The Morgan fingerprint density at radius 3 is 2.94 bits per heavy atom. The molecule has 0 aliphatic carbocycles. The average molecular weight is 219 g/mol. The van der Waals surface area contributed by atoms with E-state index in [1.165, 1.54) is 19.2 Å². The van der Waals surface area contributed by atoms with Gasteiger partial charge >= 0.3 is 0 Å². The summed E-state index contributed by atoms with van der Waals surface area (Å²) in [6.07, 6.45) is 6.89. The molecular formula is C11H17N5. The molecular weight excluding hydrogens is 202 g/mol. The maximum Gasteiger partial charge on any atom is 0.182 e. The molecule has 1 rings (SSSR count). The van der Waals surface area contributed by atoms with Crippen molar-refractivity contribution >= 4 is 11.6 Å². The van der Waals surface area contributed by atoms with Gasteiger partial charge in [0, 0.05) is 19.7 Å². The Labute approximate surface area is 96.1 Å². The molecule has 0 bridgehead atoms. The van der Waals surface area contributed by atoms with Crippen LogP contribution >= 0.6 is 0 Å². The number of anilines is 2. The second-order valence-corrected chi connectivity index (χ2v) is 3.63. The fourth-order valence-electron chi connectivity index (χ4n) is 1.39. The molecule has 0 saturated heterocycles. The lowest BCUT2D eigenvalue weighted by Crippen LogP contribution is -2.19. The molecule has 0 aliphatic rings. The van der Waals surface area contributed by atoms with Crippen LogP contribution in [-0.4, -0.2) is 23.6 Å². The van der Waals surface area contributed by atoms with Crippen LogP contribution in [0.4, 0.5) is 11.6 Å². The Bertz CT molecular complexity index is 358. The maximum atomic E-state index is 8.49. The van der Waals surface area contributed by atoms with Gasteiger partial charge in [-0.3, -0.25) is 5.32 Å². The molecule has 1 heterocycles. The molecule has 1 aromatic rings. The van der Waals surface area contributed by atoms with E-state index in [0.29, 0.717) is 5.82 Å². The van der Waals surface area contributed by atoms with E-state index in [1.54, 1.807) is 6.07 Å². The topological polar surface area (TPSA) is 64.8 Å². The van der Waals surface area contributed by atoms with Crippen molar-refractivity contribution in [3.05, 3.63) is 12.4 Å². The van der Waals surface area contributed by atoms with E-state index in [-0.39, 0.29) is 0 Å². The van der Waals surface area contributed by atoms with Gasteiger partial charge in [-0.15, -0.1) is 0 Å². The molecule has 0 spiro atoms. The summed E-state index contributed by atoms with van der Waals surface area (Å²) in [6, 6.07) is 1.77. The van der Waals surface area contributed by atoms with E-state index in [9.17, 15) is 0 Å². The molecule has 0 unspecified atom stereocenters. The number of rotatable bonds is 6. The van der Waals surface area contributed by atoms with E-state index in [1.807, 2.05) is 13.2 Å². The highest BCUT2D eigenvalue weighted by Crippen LogP contribution is 2.12. The van der Waals surface area contributed by atoms with Crippen LogP contribution in [0.15, 0.2) is 12.4 Å². The quantitative estimate of drug-likeness (QED) is 0.450. The summed E-state index contributed by atoms with van der Waals surface area (Å²) in [4.78, 5) is 10.2. The van der Waals surface area contributed by atoms with E-state index >= 15 is 0 Å². The summed E-state index contributed by atoms with van der Waals surface area (Å²) < 4.78 is 0. The first kappa shape index (κ1) is 12.2. The summed E-state index contributed by atoms with van der Waals surface area (Å²) in [5.74, 6) is 1.37. The van der Waals surface area contributed by atoms with Crippen LogP contribution in [-0.2, 0) is 0 Å². The van der Waals surface area contributed by atoms with Crippen LogP contribution in [0.3, 0.4) is 0 Å². The average Bonchev–Trinajstić information content (AvgIpc) is 2.30. The van der Waals surface area contributed by atoms with Crippen molar-refractivity contribution in [3.63, 3.8) is 0 Å². The smallest absolute Gasteiger partial charge is 0.182 e.